The lowest BCUT2D eigenvalue weighted by atomic mass is 9.90. The van der Waals surface area contributed by atoms with Crippen molar-refractivity contribution in [3.8, 4) is 23.6 Å². The number of hydrogen-bond acceptors (Lipinski definition) is 6. The highest BCUT2D eigenvalue weighted by Gasteiger charge is 2.52. The monoisotopic (exact) mass is 437 g/mol. The number of rotatable bonds is 4. The molecule has 2 fully saturated rings. The van der Waals surface area contributed by atoms with Crippen molar-refractivity contribution in [2.24, 2.45) is 0 Å². The van der Waals surface area contributed by atoms with Gasteiger partial charge >= 0.3 is 0 Å². The van der Waals surface area contributed by atoms with Gasteiger partial charge in [0.15, 0.2) is 23.2 Å². The van der Waals surface area contributed by atoms with Crippen LogP contribution in [0.5, 0.6) is 0 Å². The second-order valence-electron chi connectivity index (χ2n) is 7.94. The molecule has 2 aliphatic heterocycles. The SMILES string of the molecule is C#CC[C@@H]1O[C@@H]2COC(C)(C)O[C@@H]2C(n2cc(-c3cc(F)c(F)c(F)c3)nn2)[C@H]1OC. The minimum atomic E-state index is -1.54. The fourth-order valence-electron chi connectivity index (χ4n) is 4.06. The van der Waals surface area contributed by atoms with Crippen LogP contribution < -0.4 is 0 Å². The van der Waals surface area contributed by atoms with E-state index >= 15 is 0 Å². The van der Waals surface area contributed by atoms with Crippen LogP contribution in [0.1, 0.15) is 26.3 Å². The van der Waals surface area contributed by atoms with E-state index < -0.39 is 53.7 Å². The first-order chi connectivity index (χ1) is 14.7. The molecule has 0 N–H and O–H groups in total. The van der Waals surface area contributed by atoms with Crippen LogP contribution in [0, 0.1) is 29.8 Å². The van der Waals surface area contributed by atoms with Gasteiger partial charge in [-0.3, -0.25) is 0 Å². The Morgan fingerprint density at radius 3 is 2.65 bits per heavy atom. The van der Waals surface area contributed by atoms with Crippen LogP contribution in [-0.2, 0) is 18.9 Å². The van der Waals surface area contributed by atoms with Gasteiger partial charge in [0.2, 0.25) is 0 Å². The molecule has 0 saturated carbocycles. The van der Waals surface area contributed by atoms with Crippen LogP contribution >= 0.6 is 0 Å². The average molecular weight is 437 g/mol. The highest BCUT2D eigenvalue weighted by molar-refractivity contribution is 5.57. The summed E-state index contributed by atoms with van der Waals surface area (Å²) in [5.74, 6) is -2.45. The lowest BCUT2D eigenvalue weighted by Crippen LogP contribution is -2.62. The Bertz CT molecular complexity index is 983. The van der Waals surface area contributed by atoms with E-state index in [2.05, 4.69) is 16.2 Å². The third kappa shape index (κ3) is 4.06. The number of ether oxygens (including phenoxy) is 4. The number of fused-ring (bicyclic) bond motifs is 1. The molecule has 3 heterocycles. The number of halogens is 3. The largest absolute Gasteiger partial charge is 0.376 e. The van der Waals surface area contributed by atoms with E-state index in [1.54, 1.807) is 13.8 Å². The molecule has 2 aliphatic rings. The van der Waals surface area contributed by atoms with E-state index in [0.29, 0.717) is 0 Å². The Labute approximate surface area is 177 Å². The number of terminal acetylenes is 1. The quantitative estimate of drug-likeness (QED) is 0.541. The van der Waals surface area contributed by atoms with Crippen molar-refractivity contribution in [3.63, 3.8) is 0 Å². The summed E-state index contributed by atoms with van der Waals surface area (Å²) >= 11 is 0. The normalized spacial score (nSPS) is 29.9. The number of benzene rings is 1. The fourth-order valence-corrected chi connectivity index (χ4v) is 4.06. The van der Waals surface area contributed by atoms with Crippen LogP contribution in [-0.4, -0.2) is 58.9 Å². The third-order valence-electron chi connectivity index (χ3n) is 5.46. The van der Waals surface area contributed by atoms with Crippen LogP contribution in [0.25, 0.3) is 11.3 Å². The van der Waals surface area contributed by atoms with Gasteiger partial charge < -0.3 is 18.9 Å². The van der Waals surface area contributed by atoms with Gasteiger partial charge in [0.05, 0.1) is 18.9 Å². The summed E-state index contributed by atoms with van der Waals surface area (Å²) in [5, 5.41) is 8.17. The molecule has 31 heavy (non-hydrogen) atoms. The Morgan fingerprint density at radius 2 is 2.00 bits per heavy atom. The van der Waals surface area contributed by atoms with E-state index in [-0.39, 0.29) is 24.3 Å². The Morgan fingerprint density at radius 1 is 1.29 bits per heavy atom. The van der Waals surface area contributed by atoms with Gasteiger partial charge in [0, 0.05) is 19.1 Å². The summed E-state index contributed by atoms with van der Waals surface area (Å²) in [4.78, 5) is 0. The van der Waals surface area contributed by atoms with Crippen LogP contribution in [0.4, 0.5) is 13.2 Å². The molecular weight excluding hydrogens is 415 g/mol. The van der Waals surface area contributed by atoms with Gasteiger partial charge in [0.25, 0.3) is 0 Å². The Kier molecular flexibility index (Phi) is 5.79. The summed E-state index contributed by atoms with van der Waals surface area (Å²) in [6.07, 6.45) is 5.36. The van der Waals surface area contributed by atoms with Gasteiger partial charge in [-0.05, 0) is 26.0 Å². The molecular formula is C21H22F3N3O4. The van der Waals surface area contributed by atoms with Gasteiger partial charge in [-0.15, -0.1) is 17.4 Å². The van der Waals surface area contributed by atoms with Crippen molar-refractivity contribution in [2.45, 2.75) is 56.5 Å². The lowest BCUT2D eigenvalue weighted by molar-refractivity contribution is -0.349. The van der Waals surface area contributed by atoms with Crippen LogP contribution in [0.3, 0.4) is 0 Å². The molecule has 2 saturated heterocycles. The molecule has 4 rings (SSSR count). The van der Waals surface area contributed by atoms with E-state index in [1.165, 1.54) is 18.0 Å². The summed E-state index contributed by atoms with van der Waals surface area (Å²) in [5.41, 5.74) is 0.212. The molecule has 5 atom stereocenters. The number of hydrogen-bond donors (Lipinski definition) is 0. The molecule has 10 heteroatoms. The van der Waals surface area contributed by atoms with Crippen LogP contribution in [0.2, 0.25) is 0 Å². The first kappa shape index (κ1) is 21.8. The first-order valence-electron chi connectivity index (χ1n) is 9.74. The molecule has 166 valence electrons. The highest BCUT2D eigenvalue weighted by atomic mass is 19.2. The van der Waals surface area contributed by atoms with E-state index in [0.717, 1.165) is 12.1 Å². The second kappa shape index (κ2) is 8.24. The summed E-state index contributed by atoms with van der Waals surface area (Å²) in [6.45, 7) is 3.85. The Balaban J connectivity index is 1.73. The Hall–Kier alpha value is -2.45. The van der Waals surface area contributed by atoms with Crippen molar-refractivity contribution in [3.05, 3.63) is 35.8 Å². The second-order valence-corrected chi connectivity index (χ2v) is 7.94. The number of methoxy groups -OCH3 is 1. The smallest absolute Gasteiger partial charge is 0.194 e. The molecule has 0 bridgehead atoms. The molecule has 7 nitrogen and oxygen atoms in total. The van der Waals surface area contributed by atoms with Crippen molar-refractivity contribution < 1.29 is 32.1 Å². The third-order valence-corrected chi connectivity index (χ3v) is 5.46. The fraction of sp³-hybridized carbons (Fsp3) is 0.524. The number of nitrogens with zero attached hydrogens (tertiary/aromatic N) is 3. The van der Waals surface area contributed by atoms with Crippen molar-refractivity contribution in [2.75, 3.05) is 13.7 Å². The zero-order valence-electron chi connectivity index (χ0n) is 17.2. The maximum absolute atomic E-state index is 13.7. The van der Waals surface area contributed by atoms with Gasteiger partial charge in [-0.2, -0.15) is 0 Å². The van der Waals surface area contributed by atoms with E-state index in [1.807, 2.05) is 0 Å². The van der Waals surface area contributed by atoms with Crippen molar-refractivity contribution in [1.82, 2.24) is 15.0 Å². The molecule has 0 spiro atoms. The zero-order chi connectivity index (χ0) is 22.3. The first-order valence-corrected chi connectivity index (χ1v) is 9.74. The molecule has 1 unspecified atom stereocenters. The topological polar surface area (TPSA) is 67.6 Å². The zero-order valence-corrected chi connectivity index (χ0v) is 17.2. The van der Waals surface area contributed by atoms with Gasteiger partial charge in [0.1, 0.15) is 30.0 Å². The van der Waals surface area contributed by atoms with Crippen molar-refractivity contribution >= 4 is 0 Å². The lowest BCUT2D eigenvalue weighted by Gasteiger charge is -2.50. The molecule has 0 aliphatic carbocycles. The molecule has 0 radical (unpaired) electrons. The summed E-state index contributed by atoms with van der Waals surface area (Å²) in [6, 6.07) is 1.21. The number of aromatic nitrogens is 3. The van der Waals surface area contributed by atoms with E-state index in [4.69, 9.17) is 25.4 Å². The van der Waals surface area contributed by atoms with Crippen molar-refractivity contribution in [1.29, 1.82) is 0 Å². The molecule has 1 aromatic heterocycles. The minimum absolute atomic E-state index is 0.0497. The maximum atomic E-state index is 13.7. The average Bonchev–Trinajstić information content (AvgIpc) is 3.20. The predicted molar refractivity (Wildman–Crippen MR) is 102 cm³/mol. The van der Waals surface area contributed by atoms with Crippen LogP contribution in [0.15, 0.2) is 18.3 Å². The molecule has 2 aromatic rings. The molecule has 0 amide bonds. The summed E-state index contributed by atoms with van der Waals surface area (Å²) in [7, 11) is 1.53. The highest BCUT2D eigenvalue weighted by Crippen LogP contribution is 2.40. The summed E-state index contributed by atoms with van der Waals surface area (Å²) < 4.78 is 65.9. The van der Waals surface area contributed by atoms with Gasteiger partial charge in [-0.25, -0.2) is 17.9 Å². The minimum Gasteiger partial charge on any atom is -0.376 e. The van der Waals surface area contributed by atoms with Gasteiger partial charge in [-0.1, -0.05) is 5.21 Å². The maximum Gasteiger partial charge on any atom is 0.194 e. The molecule has 1 aromatic carbocycles. The van der Waals surface area contributed by atoms with E-state index in [9.17, 15) is 13.2 Å². The predicted octanol–water partition coefficient (Wildman–Crippen LogP) is 2.86. The standard InChI is InChI=1S/C21H22F3N3O4/c1-5-6-15-19(28-4)18(20-16(30-15)10-29-21(2,3)31-20)27-9-14(25-26-27)11-7-12(22)17(24)13(23)8-11/h1,7-9,15-16,18-20H,6,10H2,2-4H3/t15-,16+,18?,19-,20-/m0/s1.